The van der Waals surface area contributed by atoms with Crippen LogP contribution in [-0.4, -0.2) is 37.2 Å². The number of hydrogen-bond acceptors (Lipinski definition) is 6. The highest BCUT2D eigenvalue weighted by molar-refractivity contribution is 5.71. The molecule has 1 unspecified atom stereocenters. The zero-order valence-corrected chi connectivity index (χ0v) is 43.0. The van der Waals surface area contributed by atoms with Crippen LogP contribution in [0.3, 0.4) is 0 Å². The van der Waals surface area contributed by atoms with Crippen LogP contribution in [-0.2, 0) is 28.6 Å². The second kappa shape index (κ2) is 53.7. The van der Waals surface area contributed by atoms with Crippen LogP contribution < -0.4 is 0 Å². The third kappa shape index (κ3) is 51.9. The minimum Gasteiger partial charge on any atom is -0.462 e. The van der Waals surface area contributed by atoms with Crippen LogP contribution in [0.1, 0.15) is 278 Å². The van der Waals surface area contributed by atoms with Gasteiger partial charge in [-0.05, 0) is 103 Å². The minimum absolute atomic E-state index is 0.0862. The SMILES string of the molecule is CCCC/C=C\C/C=C\CCCCCCCC(=O)OCC(COC(=O)CCCCCCCCC/C=C\CCCCCCCC)OC(=O)CCCCCCC/C=C\C/C=C\CCCCCC. The molecule has 0 saturated heterocycles. The van der Waals surface area contributed by atoms with E-state index in [-0.39, 0.29) is 31.1 Å². The van der Waals surface area contributed by atoms with Crippen molar-refractivity contribution in [1.29, 1.82) is 0 Å². The normalized spacial score (nSPS) is 12.5. The van der Waals surface area contributed by atoms with Crippen LogP contribution in [0.2, 0.25) is 0 Å². The predicted octanol–water partition coefficient (Wildman–Crippen LogP) is 18.4. The predicted molar refractivity (Wildman–Crippen MR) is 279 cm³/mol. The number of unbranched alkanes of at least 4 members (excludes halogenated alkanes) is 29. The smallest absolute Gasteiger partial charge is 0.306 e. The first-order valence-corrected chi connectivity index (χ1v) is 27.8. The monoisotopic (exact) mass is 909 g/mol. The van der Waals surface area contributed by atoms with E-state index in [1.807, 2.05) is 0 Å². The van der Waals surface area contributed by atoms with Gasteiger partial charge in [0.05, 0.1) is 0 Å². The van der Waals surface area contributed by atoms with Gasteiger partial charge in [-0.3, -0.25) is 14.4 Å². The number of carbonyl (C=O) groups excluding carboxylic acids is 3. The lowest BCUT2D eigenvalue weighted by atomic mass is 10.1. The molecule has 65 heavy (non-hydrogen) atoms. The van der Waals surface area contributed by atoms with E-state index in [1.165, 1.54) is 135 Å². The molecule has 0 aromatic rings. The third-order valence-corrected chi connectivity index (χ3v) is 12.0. The van der Waals surface area contributed by atoms with Crippen molar-refractivity contribution in [1.82, 2.24) is 0 Å². The fraction of sp³-hybridized carbons (Fsp3) is 0.780. The summed E-state index contributed by atoms with van der Waals surface area (Å²) in [4.78, 5) is 38.1. The van der Waals surface area contributed by atoms with Crippen molar-refractivity contribution < 1.29 is 28.6 Å². The van der Waals surface area contributed by atoms with Crippen LogP contribution >= 0.6 is 0 Å². The minimum atomic E-state index is -0.789. The molecule has 0 aromatic carbocycles. The molecule has 1 atom stereocenters. The van der Waals surface area contributed by atoms with Gasteiger partial charge in [0.1, 0.15) is 13.2 Å². The molecule has 0 aliphatic rings. The third-order valence-electron chi connectivity index (χ3n) is 12.0. The lowest BCUT2D eigenvalue weighted by Gasteiger charge is -2.18. The summed E-state index contributed by atoms with van der Waals surface area (Å²) in [5.41, 5.74) is 0. The van der Waals surface area contributed by atoms with Crippen molar-refractivity contribution in [3.8, 4) is 0 Å². The summed E-state index contributed by atoms with van der Waals surface area (Å²) >= 11 is 0. The molecule has 6 heteroatoms. The van der Waals surface area contributed by atoms with Crippen molar-refractivity contribution in [2.24, 2.45) is 0 Å². The standard InChI is InChI=1S/C59H104O6/c1-4-7-10-13-16-19-22-25-28-30-32-34-37-40-43-46-49-52-58(61)64-55-56(54-63-57(60)51-48-45-42-39-36-33-27-24-21-18-15-12-9-6-3)65-59(62)53-50-47-44-41-38-35-31-29-26-23-20-17-14-11-8-5-2/h15,18,20,23-25,27-29,31,56H,4-14,16-17,19,21-22,26,30,32-55H2,1-3H3/b18-15-,23-20-,27-24-,28-25-,31-29-. The highest BCUT2D eigenvalue weighted by Crippen LogP contribution is 2.14. The maximum atomic E-state index is 12.8. The van der Waals surface area contributed by atoms with Crippen molar-refractivity contribution >= 4 is 17.9 Å². The van der Waals surface area contributed by atoms with Crippen molar-refractivity contribution in [2.75, 3.05) is 13.2 Å². The second-order valence-corrected chi connectivity index (χ2v) is 18.5. The summed E-state index contributed by atoms with van der Waals surface area (Å²) in [6, 6.07) is 0. The van der Waals surface area contributed by atoms with E-state index in [2.05, 4.69) is 81.5 Å². The largest absolute Gasteiger partial charge is 0.462 e. The summed E-state index contributed by atoms with van der Waals surface area (Å²) < 4.78 is 16.8. The zero-order chi connectivity index (χ0) is 47.2. The molecule has 0 rings (SSSR count). The molecule has 0 radical (unpaired) electrons. The molecule has 0 bridgehead atoms. The molecule has 0 aromatic heterocycles. The van der Waals surface area contributed by atoms with Gasteiger partial charge < -0.3 is 14.2 Å². The van der Waals surface area contributed by atoms with Crippen LogP contribution in [0.5, 0.6) is 0 Å². The van der Waals surface area contributed by atoms with Crippen molar-refractivity contribution in [3.63, 3.8) is 0 Å². The van der Waals surface area contributed by atoms with Crippen LogP contribution in [0.15, 0.2) is 60.8 Å². The average molecular weight is 909 g/mol. The molecule has 376 valence electrons. The van der Waals surface area contributed by atoms with Crippen LogP contribution in [0.25, 0.3) is 0 Å². The van der Waals surface area contributed by atoms with E-state index in [0.29, 0.717) is 19.3 Å². The average Bonchev–Trinajstić information content (AvgIpc) is 3.30. The van der Waals surface area contributed by atoms with Crippen molar-refractivity contribution in [2.45, 2.75) is 284 Å². The number of ether oxygens (including phenoxy) is 3. The van der Waals surface area contributed by atoms with E-state index in [1.54, 1.807) is 0 Å². The molecule has 0 spiro atoms. The lowest BCUT2D eigenvalue weighted by molar-refractivity contribution is -0.167. The van der Waals surface area contributed by atoms with Gasteiger partial charge in [0.2, 0.25) is 0 Å². The first-order chi connectivity index (χ1) is 32.0. The van der Waals surface area contributed by atoms with Gasteiger partial charge in [0, 0.05) is 19.3 Å². The molecule has 0 aliphatic heterocycles. The second-order valence-electron chi connectivity index (χ2n) is 18.5. The maximum Gasteiger partial charge on any atom is 0.306 e. The molecular weight excluding hydrogens is 805 g/mol. The van der Waals surface area contributed by atoms with Crippen LogP contribution in [0, 0.1) is 0 Å². The molecule has 0 N–H and O–H groups in total. The number of hydrogen-bond donors (Lipinski definition) is 0. The Kier molecular flexibility index (Phi) is 51.3. The maximum absolute atomic E-state index is 12.8. The van der Waals surface area contributed by atoms with Gasteiger partial charge in [-0.2, -0.15) is 0 Å². The van der Waals surface area contributed by atoms with Gasteiger partial charge in [-0.1, -0.05) is 216 Å². The summed E-state index contributed by atoms with van der Waals surface area (Å²) in [5.74, 6) is -0.911. The molecule has 0 heterocycles. The number of rotatable bonds is 50. The fourth-order valence-electron chi connectivity index (χ4n) is 7.72. The Morgan fingerprint density at radius 3 is 0.923 bits per heavy atom. The quantitative estimate of drug-likeness (QED) is 0.0262. The Labute approximate surface area is 402 Å². The molecule has 6 nitrogen and oxygen atoms in total. The number of allylic oxidation sites excluding steroid dienone is 10. The number of esters is 3. The van der Waals surface area contributed by atoms with Gasteiger partial charge in [-0.15, -0.1) is 0 Å². The summed E-state index contributed by atoms with van der Waals surface area (Å²) in [6.07, 6.45) is 66.3. The van der Waals surface area contributed by atoms with Crippen LogP contribution in [0.4, 0.5) is 0 Å². The molecule has 0 amide bonds. The molecule has 0 fully saturated rings. The summed E-state index contributed by atoms with van der Waals surface area (Å²) in [6.45, 7) is 6.57. The highest BCUT2D eigenvalue weighted by Gasteiger charge is 2.19. The van der Waals surface area contributed by atoms with E-state index < -0.39 is 6.10 Å². The first-order valence-electron chi connectivity index (χ1n) is 27.8. The first kappa shape index (κ1) is 62.1. The van der Waals surface area contributed by atoms with Gasteiger partial charge in [0.25, 0.3) is 0 Å². The zero-order valence-electron chi connectivity index (χ0n) is 43.0. The highest BCUT2D eigenvalue weighted by atomic mass is 16.6. The lowest BCUT2D eigenvalue weighted by Crippen LogP contribution is -2.30. The Bertz CT molecular complexity index is 1180. The van der Waals surface area contributed by atoms with Gasteiger partial charge >= 0.3 is 17.9 Å². The van der Waals surface area contributed by atoms with Gasteiger partial charge in [0.15, 0.2) is 6.10 Å². The Morgan fingerprint density at radius 2 is 0.569 bits per heavy atom. The molecule has 0 saturated carbocycles. The molecular formula is C59H104O6. The van der Waals surface area contributed by atoms with E-state index in [0.717, 1.165) is 103 Å². The Morgan fingerprint density at radius 1 is 0.308 bits per heavy atom. The van der Waals surface area contributed by atoms with E-state index >= 15 is 0 Å². The summed E-state index contributed by atoms with van der Waals surface area (Å²) in [5, 5.41) is 0. The molecule has 0 aliphatic carbocycles. The topological polar surface area (TPSA) is 78.9 Å². The summed E-state index contributed by atoms with van der Waals surface area (Å²) in [7, 11) is 0. The van der Waals surface area contributed by atoms with Gasteiger partial charge in [-0.25, -0.2) is 0 Å². The number of carbonyl (C=O) groups is 3. The fourth-order valence-corrected chi connectivity index (χ4v) is 7.72. The Balaban J connectivity index is 4.42. The van der Waals surface area contributed by atoms with E-state index in [4.69, 9.17) is 14.2 Å². The Hall–Kier alpha value is -2.89. The van der Waals surface area contributed by atoms with Crippen molar-refractivity contribution in [3.05, 3.63) is 60.8 Å². The van der Waals surface area contributed by atoms with E-state index in [9.17, 15) is 14.4 Å².